The fourth-order valence-corrected chi connectivity index (χ4v) is 2.67. The molecule has 2 aromatic heterocycles. The lowest BCUT2D eigenvalue weighted by atomic mass is 10.0. The molecule has 3 N–H and O–H groups in total. The average molecular weight is 242 g/mol. The molecule has 0 fully saturated rings. The first kappa shape index (κ1) is 11.3. The van der Waals surface area contributed by atoms with Crippen LogP contribution in [0.15, 0.2) is 30.5 Å². The Morgan fingerprint density at radius 1 is 1.44 bits per heavy atom. The standard InChI is InChI=1S/C14H18N4/c1-2-18-8-4-3-5-12(18)10-9-16-11-6-7-13(15)17-14(10)11/h3-4,6-7,9,12,16H,2,5,8H2,1H3,(H2,15,17). The molecule has 94 valence electrons. The topological polar surface area (TPSA) is 57.9 Å². The Hall–Kier alpha value is -1.81. The number of nitrogens with two attached hydrogens (primary N) is 1. The molecule has 0 amide bonds. The third kappa shape index (κ3) is 1.78. The summed E-state index contributed by atoms with van der Waals surface area (Å²) in [6.07, 6.45) is 7.60. The van der Waals surface area contributed by atoms with Crippen molar-refractivity contribution in [3.8, 4) is 0 Å². The third-order valence-corrected chi connectivity index (χ3v) is 3.65. The molecule has 4 heteroatoms. The van der Waals surface area contributed by atoms with Crippen LogP contribution in [0.1, 0.15) is 24.9 Å². The van der Waals surface area contributed by atoms with Gasteiger partial charge in [0.25, 0.3) is 0 Å². The highest BCUT2D eigenvalue weighted by Crippen LogP contribution is 2.32. The van der Waals surface area contributed by atoms with E-state index in [1.165, 1.54) is 5.56 Å². The quantitative estimate of drug-likeness (QED) is 0.795. The van der Waals surface area contributed by atoms with E-state index in [1.54, 1.807) is 0 Å². The molecule has 1 aliphatic heterocycles. The smallest absolute Gasteiger partial charge is 0.124 e. The number of fused-ring (bicyclic) bond motifs is 1. The Morgan fingerprint density at radius 3 is 3.17 bits per heavy atom. The molecule has 0 spiro atoms. The van der Waals surface area contributed by atoms with Crippen LogP contribution in [0.4, 0.5) is 5.82 Å². The summed E-state index contributed by atoms with van der Waals surface area (Å²) in [7, 11) is 0. The summed E-state index contributed by atoms with van der Waals surface area (Å²) in [5.74, 6) is 0.581. The molecule has 0 saturated heterocycles. The molecule has 3 rings (SSSR count). The Balaban J connectivity index is 2.07. The van der Waals surface area contributed by atoms with Gasteiger partial charge in [0.15, 0.2) is 0 Å². The summed E-state index contributed by atoms with van der Waals surface area (Å²) in [6.45, 7) is 4.25. The maximum atomic E-state index is 5.80. The number of pyridine rings is 1. The van der Waals surface area contributed by atoms with Crippen molar-refractivity contribution >= 4 is 16.9 Å². The number of likely N-dealkylation sites (N-methyl/N-ethyl adjacent to an activating group) is 1. The van der Waals surface area contributed by atoms with Gasteiger partial charge in [-0.15, -0.1) is 0 Å². The SMILES string of the molecule is CCN1CC=CCC1c1c[nH]c2ccc(N)nc12. The zero-order valence-electron chi connectivity index (χ0n) is 10.6. The van der Waals surface area contributed by atoms with Crippen LogP contribution < -0.4 is 5.73 Å². The van der Waals surface area contributed by atoms with Gasteiger partial charge in [-0.25, -0.2) is 4.98 Å². The van der Waals surface area contributed by atoms with Gasteiger partial charge in [0.05, 0.1) is 11.0 Å². The molecule has 3 heterocycles. The summed E-state index contributed by atoms with van der Waals surface area (Å²) >= 11 is 0. The highest BCUT2D eigenvalue weighted by Gasteiger charge is 2.23. The maximum Gasteiger partial charge on any atom is 0.124 e. The van der Waals surface area contributed by atoms with Gasteiger partial charge in [0.2, 0.25) is 0 Å². The summed E-state index contributed by atoms with van der Waals surface area (Å²) in [5.41, 5.74) is 9.12. The number of rotatable bonds is 2. The van der Waals surface area contributed by atoms with Gasteiger partial charge in [-0.2, -0.15) is 0 Å². The second kappa shape index (κ2) is 4.46. The van der Waals surface area contributed by atoms with Gasteiger partial charge in [-0.05, 0) is 25.1 Å². The summed E-state index contributed by atoms with van der Waals surface area (Å²) < 4.78 is 0. The van der Waals surface area contributed by atoms with Crippen LogP contribution in [-0.2, 0) is 0 Å². The van der Waals surface area contributed by atoms with Crippen molar-refractivity contribution in [3.63, 3.8) is 0 Å². The van der Waals surface area contributed by atoms with Crippen LogP contribution in [0.25, 0.3) is 11.0 Å². The molecule has 0 aromatic carbocycles. The minimum Gasteiger partial charge on any atom is -0.384 e. The van der Waals surface area contributed by atoms with Crippen molar-refractivity contribution < 1.29 is 0 Å². The highest BCUT2D eigenvalue weighted by molar-refractivity contribution is 5.80. The number of nitrogens with one attached hydrogen (secondary N) is 1. The van der Waals surface area contributed by atoms with Gasteiger partial charge in [0.1, 0.15) is 5.82 Å². The normalized spacial score (nSPS) is 20.6. The average Bonchev–Trinajstić information content (AvgIpc) is 2.81. The molecular formula is C14H18N4. The molecular weight excluding hydrogens is 224 g/mol. The predicted molar refractivity (Wildman–Crippen MR) is 74.3 cm³/mol. The minimum atomic E-state index is 0.406. The van der Waals surface area contributed by atoms with E-state index in [-0.39, 0.29) is 0 Å². The van der Waals surface area contributed by atoms with E-state index >= 15 is 0 Å². The largest absolute Gasteiger partial charge is 0.384 e. The third-order valence-electron chi connectivity index (χ3n) is 3.65. The van der Waals surface area contributed by atoms with Gasteiger partial charge in [-0.1, -0.05) is 19.1 Å². The van der Waals surface area contributed by atoms with Gasteiger partial charge in [0, 0.05) is 24.3 Å². The van der Waals surface area contributed by atoms with Crippen LogP contribution in [0.2, 0.25) is 0 Å². The van der Waals surface area contributed by atoms with E-state index in [0.717, 1.165) is 30.5 Å². The van der Waals surface area contributed by atoms with Crippen molar-refractivity contribution in [1.29, 1.82) is 0 Å². The lowest BCUT2D eigenvalue weighted by Gasteiger charge is -2.31. The number of nitrogen functional groups attached to an aromatic ring is 1. The van der Waals surface area contributed by atoms with Crippen LogP contribution in [0.3, 0.4) is 0 Å². The Kier molecular flexibility index (Phi) is 2.80. The van der Waals surface area contributed by atoms with Crippen LogP contribution in [0, 0.1) is 0 Å². The lowest BCUT2D eigenvalue weighted by molar-refractivity contribution is 0.223. The number of hydrogen-bond donors (Lipinski definition) is 2. The maximum absolute atomic E-state index is 5.80. The fourth-order valence-electron chi connectivity index (χ4n) is 2.67. The molecule has 1 unspecified atom stereocenters. The zero-order valence-corrected chi connectivity index (χ0v) is 10.6. The monoisotopic (exact) mass is 242 g/mol. The van der Waals surface area contributed by atoms with Crippen molar-refractivity contribution in [2.75, 3.05) is 18.8 Å². The second-order valence-corrected chi connectivity index (χ2v) is 4.69. The van der Waals surface area contributed by atoms with Crippen molar-refractivity contribution in [1.82, 2.24) is 14.9 Å². The second-order valence-electron chi connectivity index (χ2n) is 4.69. The summed E-state index contributed by atoms with van der Waals surface area (Å²) in [5, 5.41) is 0. The van der Waals surface area contributed by atoms with Crippen LogP contribution in [0.5, 0.6) is 0 Å². The number of H-pyrrole nitrogens is 1. The molecule has 0 radical (unpaired) electrons. The first-order valence-corrected chi connectivity index (χ1v) is 6.42. The Labute approximate surface area is 107 Å². The van der Waals surface area contributed by atoms with Crippen molar-refractivity contribution in [2.45, 2.75) is 19.4 Å². The molecule has 0 saturated carbocycles. The molecule has 18 heavy (non-hydrogen) atoms. The van der Waals surface area contributed by atoms with Gasteiger partial charge in [-0.3, -0.25) is 4.90 Å². The number of hydrogen-bond acceptors (Lipinski definition) is 3. The van der Waals surface area contributed by atoms with E-state index in [0.29, 0.717) is 11.9 Å². The van der Waals surface area contributed by atoms with Gasteiger partial charge >= 0.3 is 0 Å². The Morgan fingerprint density at radius 2 is 2.33 bits per heavy atom. The number of aromatic amines is 1. The number of aromatic nitrogens is 2. The van der Waals surface area contributed by atoms with Gasteiger partial charge < -0.3 is 10.7 Å². The van der Waals surface area contributed by atoms with Crippen LogP contribution >= 0.6 is 0 Å². The molecule has 1 atom stereocenters. The summed E-state index contributed by atoms with van der Waals surface area (Å²) in [4.78, 5) is 10.2. The fraction of sp³-hybridized carbons (Fsp3) is 0.357. The highest BCUT2D eigenvalue weighted by atomic mass is 15.2. The molecule has 0 bridgehead atoms. The molecule has 2 aromatic rings. The number of nitrogens with zero attached hydrogens (tertiary/aromatic N) is 2. The molecule has 4 nitrogen and oxygen atoms in total. The zero-order chi connectivity index (χ0) is 12.5. The first-order valence-electron chi connectivity index (χ1n) is 6.42. The predicted octanol–water partition coefficient (Wildman–Crippen LogP) is 2.47. The van der Waals surface area contributed by atoms with E-state index in [1.807, 2.05) is 12.1 Å². The first-order chi connectivity index (χ1) is 8.79. The van der Waals surface area contributed by atoms with Crippen molar-refractivity contribution in [3.05, 3.63) is 36.0 Å². The van der Waals surface area contributed by atoms with E-state index in [4.69, 9.17) is 5.73 Å². The van der Waals surface area contributed by atoms with E-state index < -0.39 is 0 Å². The van der Waals surface area contributed by atoms with E-state index in [9.17, 15) is 0 Å². The molecule has 1 aliphatic rings. The van der Waals surface area contributed by atoms with Crippen LogP contribution in [-0.4, -0.2) is 28.0 Å². The molecule has 0 aliphatic carbocycles. The van der Waals surface area contributed by atoms with E-state index in [2.05, 4.69) is 40.1 Å². The lowest BCUT2D eigenvalue weighted by Crippen LogP contribution is -2.30. The minimum absolute atomic E-state index is 0.406. The van der Waals surface area contributed by atoms with Crippen molar-refractivity contribution in [2.24, 2.45) is 0 Å². The number of anilines is 1. The summed E-state index contributed by atoms with van der Waals surface area (Å²) in [6, 6.07) is 4.24. The Bertz CT molecular complexity index is 584.